The molecule has 0 spiro atoms. The molecule has 6 nitrogen and oxygen atoms in total. The minimum atomic E-state index is -4.45. The van der Waals surface area contributed by atoms with Crippen LogP contribution in [0.25, 0.3) is 5.65 Å². The van der Waals surface area contributed by atoms with E-state index in [1.165, 1.54) is 22.6 Å². The minimum Gasteiger partial charge on any atom is -0.349 e. The van der Waals surface area contributed by atoms with E-state index < -0.39 is 11.7 Å². The number of nitrogens with zero attached hydrogens (tertiary/aromatic N) is 5. The van der Waals surface area contributed by atoms with Gasteiger partial charge in [0.1, 0.15) is 5.82 Å². The number of pyridine rings is 1. The van der Waals surface area contributed by atoms with Crippen molar-refractivity contribution < 1.29 is 17.6 Å². The lowest BCUT2D eigenvalue weighted by atomic mass is 10.2. The Bertz CT molecular complexity index is 978. The molecule has 0 aliphatic heterocycles. The standard InChI is InChI=1S/C18H18F4N6/c1-23-17(27(2)10-12-3-6-14(19)7-4-12)24-9-16-26-25-15-8-5-13(11-28(15)16)18(20,21)22/h3-8,11H,9-10H2,1-2H3,(H,23,24). The van der Waals surface area contributed by atoms with E-state index in [-0.39, 0.29) is 12.4 Å². The molecule has 0 aliphatic carbocycles. The smallest absolute Gasteiger partial charge is 0.349 e. The van der Waals surface area contributed by atoms with Crippen molar-refractivity contribution in [1.29, 1.82) is 0 Å². The summed E-state index contributed by atoms with van der Waals surface area (Å²) in [5.74, 6) is 0.510. The molecule has 10 heteroatoms. The second-order valence-corrected chi connectivity index (χ2v) is 6.14. The zero-order valence-corrected chi connectivity index (χ0v) is 15.2. The summed E-state index contributed by atoms with van der Waals surface area (Å²) in [6, 6.07) is 8.33. The molecule has 0 unspecified atom stereocenters. The summed E-state index contributed by atoms with van der Waals surface area (Å²) in [5.41, 5.74) is 0.424. The van der Waals surface area contributed by atoms with E-state index >= 15 is 0 Å². The van der Waals surface area contributed by atoms with Crippen molar-refractivity contribution in [3.05, 3.63) is 65.4 Å². The predicted octanol–water partition coefficient (Wildman–Crippen LogP) is 3.09. The molecule has 0 radical (unpaired) electrons. The second-order valence-electron chi connectivity index (χ2n) is 6.14. The molecule has 148 valence electrons. The first-order valence-corrected chi connectivity index (χ1v) is 8.35. The van der Waals surface area contributed by atoms with Crippen LogP contribution in [0, 0.1) is 5.82 Å². The number of rotatable bonds is 4. The highest BCUT2D eigenvalue weighted by Gasteiger charge is 2.31. The van der Waals surface area contributed by atoms with Gasteiger partial charge in [-0.3, -0.25) is 9.39 Å². The van der Waals surface area contributed by atoms with Crippen LogP contribution >= 0.6 is 0 Å². The highest BCUT2D eigenvalue weighted by atomic mass is 19.4. The average Bonchev–Trinajstić information content (AvgIpc) is 3.06. The van der Waals surface area contributed by atoms with Crippen LogP contribution in [-0.4, -0.2) is 39.6 Å². The van der Waals surface area contributed by atoms with Gasteiger partial charge in [0.25, 0.3) is 0 Å². The lowest BCUT2D eigenvalue weighted by molar-refractivity contribution is -0.137. The number of fused-ring (bicyclic) bond motifs is 1. The van der Waals surface area contributed by atoms with Gasteiger partial charge in [-0.05, 0) is 29.8 Å². The second kappa shape index (κ2) is 7.83. The lowest BCUT2D eigenvalue weighted by Crippen LogP contribution is -2.38. The van der Waals surface area contributed by atoms with Crippen LogP contribution in [0.3, 0.4) is 0 Å². The number of nitrogens with one attached hydrogen (secondary N) is 1. The van der Waals surface area contributed by atoms with E-state index in [9.17, 15) is 17.6 Å². The van der Waals surface area contributed by atoms with E-state index in [2.05, 4.69) is 20.5 Å². The van der Waals surface area contributed by atoms with Gasteiger partial charge in [0.15, 0.2) is 17.4 Å². The third-order valence-corrected chi connectivity index (χ3v) is 4.11. The van der Waals surface area contributed by atoms with E-state index in [1.54, 1.807) is 31.1 Å². The molecule has 1 aromatic carbocycles. The van der Waals surface area contributed by atoms with Gasteiger partial charge in [0.2, 0.25) is 0 Å². The average molecular weight is 394 g/mol. The molecule has 0 aliphatic rings. The predicted molar refractivity (Wildman–Crippen MR) is 96.1 cm³/mol. The maximum absolute atomic E-state index is 13.0. The monoisotopic (exact) mass is 394 g/mol. The van der Waals surface area contributed by atoms with E-state index in [4.69, 9.17) is 0 Å². The number of aliphatic imine (C=N–C) groups is 1. The maximum atomic E-state index is 13.0. The third-order valence-electron chi connectivity index (χ3n) is 4.11. The molecule has 2 heterocycles. The Kier molecular flexibility index (Phi) is 5.48. The van der Waals surface area contributed by atoms with E-state index in [1.807, 2.05) is 0 Å². The number of guanidine groups is 1. The molecule has 1 N–H and O–H groups in total. The Labute approximate surface area is 158 Å². The van der Waals surface area contributed by atoms with Crippen molar-refractivity contribution in [2.45, 2.75) is 19.3 Å². The van der Waals surface area contributed by atoms with Crippen molar-refractivity contribution in [1.82, 2.24) is 24.8 Å². The first-order valence-electron chi connectivity index (χ1n) is 8.35. The summed E-state index contributed by atoms with van der Waals surface area (Å²) < 4.78 is 53.1. The maximum Gasteiger partial charge on any atom is 0.417 e. The highest BCUT2D eigenvalue weighted by molar-refractivity contribution is 5.79. The van der Waals surface area contributed by atoms with Crippen LogP contribution in [0.5, 0.6) is 0 Å². The van der Waals surface area contributed by atoms with Crippen LogP contribution in [0.15, 0.2) is 47.6 Å². The molecule has 28 heavy (non-hydrogen) atoms. The summed E-state index contributed by atoms with van der Waals surface area (Å²) in [7, 11) is 3.38. The minimum absolute atomic E-state index is 0.128. The van der Waals surface area contributed by atoms with Gasteiger partial charge in [-0.15, -0.1) is 10.2 Å². The van der Waals surface area contributed by atoms with Crippen LogP contribution < -0.4 is 5.32 Å². The number of halogens is 4. The molecule has 0 fully saturated rings. The molecular weight excluding hydrogens is 376 g/mol. The van der Waals surface area contributed by atoms with Gasteiger partial charge in [-0.25, -0.2) is 4.39 Å². The normalized spacial score (nSPS) is 12.4. The van der Waals surface area contributed by atoms with Gasteiger partial charge in [-0.2, -0.15) is 13.2 Å². The molecule has 0 saturated carbocycles. The molecule has 3 aromatic rings. The molecule has 0 saturated heterocycles. The SMILES string of the molecule is CN=C(NCc1nnc2ccc(C(F)(F)F)cn12)N(C)Cc1ccc(F)cc1. The van der Waals surface area contributed by atoms with Gasteiger partial charge in [-0.1, -0.05) is 12.1 Å². The molecule has 0 amide bonds. The van der Waals surface area contributed by atoms with Crippen LogP contribution in [0.1, 0.15) is 17.0 Å². The number of alkyl halides is 3. The largest absolute Gasteiger partial charge is 0.417 e. The van der Waals surface area contributed by atoms with Gasteiger partial charge in [0.05, 0.1) is 12.1 Å². The van der Waals surface area contributed by atoms with Crippen molar-refractivity contribution in [3.8, 4) is 0 Å². The number of benzene rings is 1. The molecule has 0 bridgehead atoms. The Morgan fingerprint density at radius 1 is 1.14 bits per heavy atom. The van der Waals surface area contributed by atoms with Gasteiger partial charge in [0, 0.05) is 26.8 Å². The summed E-state index contributed by atoms with van der Waals surface area (Å²) >= 11 is 0. The fourth-order valence-corrected chi connectivity index (χ4v) is 2.71. The fourth-order valence-electron chi connectivity index (χ4n) is 2.71. The van der Waals surface area contributed by atoms with Gasteiger partial charge < -0.3 is 10.2 Å². The van der Waals surface area contributed by atoms with Gasteiger partial charge >= 0.3 is 6.18 Å². The molecule has 3 rings (SSSR count). The molecular formula is C18H18F4N6. The van der Waals surface area contributed by atoms with Crippen LogP contribution in [0.4, 0.5) is 17.6 Å². The quantitative estimate of drug-likeness (QED) is 0.420. The first-order chi connectivity index (χ1) is 13.3. The van der Waals surface area contributed by atoms with Crippen molar-refractivity contribution >= 4 is 11.6 Å². The lowest BCUT2D eigenvalue weighted by Gasteiger charge is -2.22. The van der Waals surface area contributed by atoms with E-state index in [0.717, 1.165) is 17.8 Å². The summed E-state index contributed by atoms with van der Waals surface area (Å²) in [4.78, 5) is 5.96. The first kappa shape index (κ1) is 19.6. The molecule has 2 aromatic heterocycles. The van der Waals surface area contributed by atoms with Crippen molar-refractivity contribution in [2.75, 3.05) is 14.1 Å². The number of aromatic nitrogens is 3. The highest BCUT2D eigenvalue weighted by Crippen LogP contribution is 2.29. The van der Waals surface area contributed by atoms with E-state index in [0.29, 0.717) is 24.0 Å². The van der Waals surface area contributed by atoms with Crippen LogP contribution in [0.2, 0.25) is 0 Å². The Morgan fingerprint density at radius 3 is 2.50 bits per heavy atom. The number of hydrogen-bond donors (Lipinski definition) is 1. The van der Waals surface area contributed by atoms with Crippen molar-refractivity contribution in [3.63, 3.8) is 0 Å². The summed E-state index contributed by atoms with van der Waals surface area (Å²) in [6.45, 7) is 0.599. The Hall–Kier alpha value is -3.17. The zero-order chi connectivity index (χ0) is 20.3. The topological polar surface area (TPSA) is 57.8 Å². The fraction of sp³-hybridized carbons (Fsp3) is 0.278. The Morgan fingerprint density at radius 2 is 1.86 bits per heavy atom. The van der Waals surface area contributed by atoms with Crippen molar-refractivity contribution in [2.24, 2.45) is 4.99 Å². The third kappa shape index (κ3) is 4.38. The summed E-state index contributed by atoms with van der Waals surface area (Å²) in [6.07, 6.45) is -3.48. The summed E-state index contributed by atoms with van der Waals surface area (Å²) in [5, 5.41) is 10.9. The number of hydrogen-bond acceptors (Lipinski definition) is 3. The van der Waals surface area contributed by atoms with Crippen LogP contribution in [-0.2, 0) is 19.3 Å². The molecule has 0 atom stereocenters. The zero-order valence-electron chi connectivity index (χ0n) is 15.2. The Balaban J connectivity index is 1.71.